The summed E-state index contributed by atoms with van der Waals surface area (Å²) in [6, 6.07) is 6.85. The van der Waals surface area contributed by atoms with E-state index in [0.717, 1.165) is 0 Å². The molecule has 22 heavy (non-hydrogen) atoms. The first-order chi connectivity index (χ1) is 10.4. The van der Waals surface area contributed by atoms with E-state index in [1.807, 2.05) is 0 Å². The first-order valence-electron chi connectivity index (χ1n) is 6.98. The average Bonchev–Trinajstić information content (AvgIpc) is 2.44. The maximum atomic E-state index is 11.4. The molecule has 0 radical (unpaired) electrons. The number of ether oxygens (including phenoxy) is 1. The van der Waals surface area contributed by atoms with Gasteiger partial charge in [-0.3, -0.25) is 0 Å². The van der Waals surface area contributed by atoms with Crippen LogP contribution in [0.15, 0.2) is 35.4 Å². The van der Waals surface area contributed by atoms with E-state index in [-0.39, 0.29) is 23.5 Å². The summed E-state index contributed by atoms with van der Waals surface area (Å²) in [5.74, 6) is -2.15. The zero-order valence-electron chi connectivity index (χ0n) is 12.7. The van der Waals surface area contributed by atoms with Crippen LogP contribution in [0.25, 0.3) is 0 Å². The molecule has 120 valence electrons. The number of aliphatic carboxylic acids is 2. The first kappa shape index (κ1) is 17.7. The van der Waals surface area contributed by atoms with Crippen molar-refractivity contribution in [2.75, 3.05) is 13.2 Å². The summed E-state index contributed by atoms with van der Waals surface area (Å²) in [4.78, 5) is 22.7. The fourth-order valence-electron chi connectivity index (χ4n) is 2.09. The van der Waals surface area contributed by atoms with Gasteiger partial charge in [-0.25, -0.2) is 9.59 Å². The van der Waals surface area contributed by atoms with E-state index in [0.29, 0.717) is 24.5 Å². The number of nitrogens with two attached hydrogens (primary N) is 1. The van der Waals surface area contributed by atoms with Crippen LogP contribution < -0.4 is 10.5 Å². The Morgan fingerprint density at radius 3 is 2.14 bits per heavy atom. The van der Waals surface area contributed by atoms with E-state index in [1.165, 1.54) is 0 Å². The summed E-state index contributed by atoms with van der Waals surface area (Å²) < 4.78 is 5.34. The van der Waals surface area contributed by atoms with Crippen LogP contribution in [0, 0.1) is 5.92 Å². The Labute approximate surface area is 129 Å². The fourth-order valence-corrected chi connectivity index (χ4v) is 2.09. The Morgan fingerprint density at radius 2 is 1.73 bits per heavy atom. The van der Waals surface area contributed by atoms with Crippen molar-refractivity contribution >= 4 is 11.9 Å². The molecule has 0 aliphatic rings. The van der Waals surface area contributed by atoms with Crippen LogP contribution in [0.3, 0.4) is 0 Å². The summed E-state index contributed by atoms with van der Waals surface area (Å²) in [5, 5.41) is 18.5. The molecule has 0 heterocycles. The second-order valence-corrected chi connectivity index (χ2v) is 5.12. The highest BCUT2D eigenvalue weighted by Gasteiger charge is 2.23. The third-order valence-corrected chi connectivity index (χ3v) is 3.08. The average molecular weight is 307 g/mol. The SMILES string of the molecule is CC(C)C(C(=O)O)=C(Cc1ccc(OCCN)cc1)C(=O)O. The van der Waals surface area contributed by atoms with Gasteiger partial charge in [0.15, 0.2) is 0 Å². The van der Waals surface area contributed by atoms with Crippen LogP contribution in [-0.4, -0.2) is 35.3 Å². The molecule has 0 amide bonds. The van der Waals surface area contributed by atoms with Gasteiger partial charge in [-0.1, -0.05) is 26.0 Å². The Morgan fingerprint density at radius 1 is 1.14 bits per heavy atom. The molecule has 1 aromatic rings. The Balaban J connectivity index is 3.04. The van der Waals surface area contributed by atoms with Gasteiger partial charge in [0.05, 0.1) is 11.1 Å². The second kappa shape index (κ2) is 8.19. The van der Waals surface area contributed by atoms with Crippen LogP contribution in [-0.2, 0) is 16.0 Å². The lowest BCUT2D eigenvalue weighted by atomic mass is 9.93. The third-order valence-electron chi connectivity index (χ3n) is 3.08. The van der Waals surface area contributed by atoms with E-state index in [9.17, 15) is 19.8 Å². The molecule has 6 nitrogen and oxygen atoms in total. The largest absolute Gasteiger partial charge is 0.492 e. The predicted molar refractivity (Wildman–Crippen MR) is 81.8 cm³/mol. The van der Waals surface area contributed by atoms with Crippen molar-refractivity contribution in [1.82, 2.24) is 0 Å². The Kier molecular flexibility index (Phi) is 6.59. The van der Waals surface area contributed by atoms with Crippen molar-refractivity contribution in [3.8, 4) is 5.75 Å². The van der Waals surface area contributed by atoms with Gasteiger partial charge in [0.1, 0.15) is 12.4 Å². The minimum absolute atomic E-state index is 0.0479. The monoisotopic (exact) mass is 307 g/mol. The van der Waals surface area contributed by atoms with Crippen molar-refractivity contribution < 1.29 is 24.5 Å². The maximum Gasteiger partial charge on any atom is 0.332 e. The van der Waals surface area contributed by atoms with E-state index < -0.39 is 11.9 Å². The molecule has 0 saturated carbocycles. The zero-order chi connectivity index (χ0) is 16.7. The molecule has 1 rings (SSSR count). The zero-order valence-corrected chi connectivity index (χ0v) is 12.7. The minimum atomic E-state index is -1.21. The Hall–Kier alpha value is -2.34. The van der Waals surface area contributed by atoms with Crippen LogP contribution in [0.1, 0.15) is 19.4 Å². The quantitative estimate of drug-likeness (QED) is 0.630. The van der Waals surface area contributed by atoms with Crippen molar-refractivity contribution in [2.45, 2.75) is 20.3 Å². The summed E-state index contributed by atoms with van der Waals surface area (Å²) in [6.07, 6.45) is 0.0479. The number of hydrogen-bond donors (Lipinski definition) is 3. The van der Waals surface area contributed by atoms with Crippen molar-refractivity contribution in [3.05, 3.63) is 41.0 Å². The minimum Gasteiger partial charge on any atom is -0.492 e. The molecule has 0 aliphatic carbocycles. The Bertz CT molecular complexity index is 560. The van der Waals surface area contributed by atoms with Gasteiger partial charge in [0.25, 0.3) is 0 Å². The molecule has 0 unspecified atom stereocenters. The predicted octanol–water partition coefficient (Wildman–Crippen LogP) is 1.69. The van der Waals surface area contributed by atoms with Crippen LogP contribution >= 0.6 is 0 Å². The standard InChI is InChI=1S/C16H21NO5/c1-10(2)14(16(20)21)13(15(18)19)9-11-3-5-12(6-4-11)22-8-7-17/h3-6,10H,7-9,17H2,1-2H3,(H,18,19)(H,20,21). The summed E-state index contributed by atoms with van der Waals surface area (Å²) >= 11 is 0. The lowest BCUT2D eigenvalue weighted by molar-refractivity contribution is -0.136. The molecule has 6 heteroatoms. The van der Waals surface area contributed by atoms with Gasteiger partial charge < -0.3 is 20.7 Å². The molecule has 0 fully saturated rings. The van der Waals surface area contributed by atoms with Gasteiger partial charge in [0, 0.05) is 13.0 Å². The highest BCUT2D eigenvalue weighted by atomic mass is 16.5. The molecular formula is C16H21NO5. The molecule has 0 saturated heterocycles. The van der Waals surface area contributed by atoms with E-state index in [2.05, 4.69) is 0 Å². The van der Waals surface area contributed by atoms with Gasteiger partial charge in [-0.2, -0.15) is 0 Å². The number of carboxylic acid groups (broad SMARTS) is 2. The molecule has 0 atom stereocenters. The molecule has 0 spiro atoms. The number of benzene rings is 1. The van der Waals surface area contributed by atoms with E-state index >= 15 is 0 Å². The first-order valence-corrected chi connectivity index (χ1v) is 6.98. The number of carboxylic acids is 2. The molecule has 1 aromatic carbocycles. The normalized spacial score (nSPS) is 12.0. The van der Waals surface area contributed by atoms with E-state index in [4.69, 9.17) is 10.5 Å². The van der Waals surface area contributed by atoms with Gasteiger partial charge in [0.2, 0.25) is 0 Å². The smallest absolute Gasteiger partial charge is 0.332 e. The van der Waals surface area contributed by atoms with Crippen molar-refractivity contribution in [1.29, 1.82) is 0 Å². The fraction of sp³-hybridized carbons (Fsp3) is 0.375. The highest BCUT2D eigenvalue weighted by molar-refractivity contribution is 5.99. The summed E-state index contributed by atoms with van der Waals surface area (Å²) in [5.41, 5.74) is 5.88. The molecule has 0 aliphatic heterocycles. The molecular weight excluding hydrogens is 286 g/mol. The topological polar surface area (TPSA) is 110 Å². The number of hydrogen-bond acceptors (Lipinski definition) is 4. The van der Waals surface area contributed by atoms with Gasteiger partial charge in [-0.15, -0.1) is 0 Å². The maximum absolute atomic E-state index is 11.4. The van der Waals surface area contributed by atoms with E-state index in [1.54, 1.807) is 38.1 Å². The van der Waals surface area contributed by atoms with Crippen LogP contribution in [0.5, 0.6) is 5.75 Å². The van der Waals surface area contributed by atoms with Crippen LogP contribution in [0.4, 0.5) is 0 Å². The van der Waals surface area contributed by atoms with Gasteiger partial charge in [-0.05, 0) is 23.6 Å². The van der Waals surface area contributed by atoms with Crippen molar-refractivity contribution in [2.24, 2.45) is 11.7 Å². The molecule has 0 aromatic heterocycles. The second-order valence-electron chi connectivity index (χ2n) is 5.12. The van der Waals surface area contributed by atoms with Gasteiger partial charge >= 0.3 is 11.9 Å². The summed E-state index contributed by atoms with van der Waals surface area (Å²) in [6.45, 7) is 4.13. The summed E-state index contributed by atoms with van der Waals surface area (Å²) in [7, 11) is 0. The number of carbonyl (C=O) groups is 2. The molecule has 0 bridgehead atoms. The molecule has 4 N–H and O–H groups in total. The van der Waals surface area contributed by atoms with Crippen molar-refractivity contribution in [3.63, 3.8) is 0 Å². The lowest BCUT2D eigenvalue weighted by Gasteiger charge is -2.12. The highest BCUT2D eigenvalue weighted by Crippen LogP contribution is 2.21. The van der Waals surface area contributed by atoms with Crippen LogP contribution in [0.2, 0.25) is 0 Å². The third kappa shape index (κ3) is 4.89. The number of rotatable bonds is 8. The lowest BCUT2D eigenvalue weighted by Crippen LogP contribution is -2.17.